The lowest BCUT2D eigenvalue weighted by atomic mass is 9.48. The number of carbonyl (C=O) groups is 1. The van der Waals surface area contributed by atoms with Gasteiger partial charge in [0.15, 0.2) is 5.65 Å². The molecule has 6 nitrogen and oxygen atoms in total. The van der Waals surface area contributed by atoms with E-state index in [1.807, 2.05) is 17.8 Å². The van der Waals surface area contributed by atoms with Crippen molar-refractivity contribution in [1.29, 1.82) is 0 Å². The number of amides is 1. The molecule has 8 rings (SSSR count). The van der Waals surface area contributed by atoms with Gasteiger partial charge in [-0.3, -0.25) is 9.48 Å². The Balaban J connectivity index is 1.15. The van der Waals surface area contributed by atoms with Crippen LogP contribution >= 0.6 is 15.9 Å². The summed E-state index contributed by atoms with van der Waals surface area (Å²) in [5.41, 5.74) is 7.95. The molecule has 2 aromatic rings. The summed E-state index contributed by atoms with van der Waals surface area (Å²) in [6, 6.07) is 2.02. The second kappa shape index (κ2) is 7.37. The molecule has 1 amide bonds. The van der Waals surface area contributed by atoms with E-state index in [1.165, 1.54) is 38.5 Å². The maximum Gasteiger partial charge on any atom is 0.272 e. The van der Waals surface area contributed by atoms with E-state index >= 15 is 0 Å². The van der Waals surface area contributed by atoms with Crippen LogP contribution < -0.4 is 5.43 Å². The average molecular weight is 525 g/mol. The summed E-state index contributed by atoms with van der Waals surface area (Å²) in [5.74, 6) is 2.54. The van der Waals surface area contributed by atoms with Gasteiger partial charge in [-0.2, -0.15) is 10.2 Å². The molecule has 6 fully saturated rings. The minimum absolute atomic E-state index is 0.119. The lowest BCUT2D eigenvalue weighted by Gasteiger charge is -2.60. The van der Waals surface area contributed by atoms with Crippen LogP contribution in [0.5, 0.6) is 0 Å². The van der Waals surface area contributed by atoms with Crippen LogP contribution in [-0.4, -0.2) is 30.7 Å². The third kappa shape index (κ3) is 3.64. The second-order valence-corrected chi connectivity index (χ2v) is 14.1. The van der Waals surface area contributed by atoms with Crippen molar-refractivity contribution in [2.75, 3.05) is 0 Å². The number of aryl methyl sites for hydroxylation is 1. The highest BCUT2D eigenvalue weighted by molar-refractivity contribution is 9.10. The highest BCUT2D eigenvalue weighted by Crippen LogP contribution is 2.65. The Morgan fingerprint density at radius 2 is 1.88 bits per heavy atom. The third-order valence-corrected chi connectivity index (χ3v) is 10.1. The molecular formula is C27H34BrN5O. The number of nitrogens with one attached hydrogen (secondary N) is 1. The van der Waals surface area contributed by atoms with E-state index in [0.717, 1.165) is 72.1 Å². The maximum atomic E-state index is 13.5. The molecule has 6 aliphatic carbocycles. The van der Waals surface area contributed by atoms with E-state index in [2.05, 4.69) is 33.4 Å². The first-order valence-electron chi connectivity index (χ1n) is 13.2. The number of alkyl halides is 1. The van der Waals surface area contributed by atoms with Gasteiger partial charge in [0.05, 0.1) is 16.6 Å². The summed E-state index contributed by atoms with van der Waals surface area (Å²) in [6.07, 6.45) is 13.6. The molecule has 0 aromatic carbocycles. The number of halogens is 1. The van der Waals surface area contributed by atoms with Crippen molar-refractivity contribution in [2.45, 2.75) is 93.7 Å². The van der Waals surface area contributed by atoms with Crippen LogP contribution in [-0.2, 0) is 7.05 Å². The number of aromatic nitrogens is 3. The largest absolute Gasteiger partial charge is 0.272 e. The quantitative estimate of drug-likeness (QED) is 0.288. The predicted molar refractivity (Wildman–Crippen MR) is 136 cm³/mol. The Hall–Kier alpha value is -1.76. The van der Waals surface area contributed by atoms with Gasteiger partial charge in [-0.05, 0) is 101 Å². The van der Waals surface area contributed by atoms with E-state index in [-0.39, 0.29) is 5.91 Å². The van der Waals surface area contributed by atoms with Crippen LogP contribution in [0.2, 0.25) is 0 Å². The Bertz CT molecular complexity index is 1210. The Labute approximate surface area is 209 Å². The highest BCUT2D eigenvalue weighted by atomic mass is 79.9. The molecule has 34 heavy (non-hydrogen) atoms. The highest BCUT2D eigenvalue weighted by Gasteiger charge is 2.56. The third-order valence-electron chi connectivity index (χ3n) is 9.13. The Morgan fingerprint density at radius 1 is 1.18 bits per heavy atom. The molecule has 0 aliphatic heterocycles. The van der Waals surface area contributed by atoms with E-state index in [0.29, 0.717) is 27.1 Å². The van der Waals surface area contributed by atoms with Crippen molar-refractivity contribution in [2.24, 2.45) is 29.4 Å². The zero-order chi connectivity index (χ0) is 23.2. The zero-order valence-electron chi connectivity index (χ0n) is 20.2. The summed E-state index contributed by atoms with van der Waals surface area (Å²) < 4.78 is 2.21. The molecule has 180 valence electrons. The van der Waals surface area contributed by atoms with Gasteiger partial charge in [0, 0.05) is 34.6 Å². The monoisotopic (exact) mass is 523 g/mol. The van der Waals surface area contributed by atoms with Gasteiger partial charge in [-0.1, -0.05) is 15.9 Å². The molecule has 0 spiro atoms. The van der Waals surface area contributed by atoms with Gasteiger partial charge in [0.2, 0.25) is 0 Å². The van der Waals surface area contributed by atoms with Crippen molar-refractivity contribution in [1.82, 2.24) is 20.2 Å². The van der Waals surface area contributed by atoms with Gasteiger partial charge < -0.3 is 0 Å². The van der Waals surface area contributed by atoms with Crippen LogP contribution in [0, 0.1) is 17.3 Å². The zero-order valence-corrected chi connectivity index (χ0v) is 21.8. The molecule has 2 unspecified atom stereocenters. The summed E-state index contributed by atoms with van der Waals surface area (Å²) >= 11 is 4.12. The minimum atomic E-state index is -0.119. The van der Waals surface area contributed by atoms with Crippen molar-refractivity contribution in [3.63, 3.8) is 0 Å². The molecule has 2 heterocycles. The van der Waals surface area contributed by atoms with Crippen molar-refractivity contribution < 1.29 is 4.79 Å². The van der Waals surface area contributed by atoms with E-state index < -0.39 is 0 Å². The number of rotatable bonds is 6. The van der Waals surface area contributed by atoms with Crippen molar-refractivity contribution in [3.05, 3.63) is 23.0 Å². The number of hydrogen-bond acceptors (Lipinski definition) is 4. The molecule has 0 saturated heterocycles. The number of hydrogen-bond donors (Lipinski definition) is 1. The smallest absolute Gasteiger partial charge is 0.267 e. The first kappa shape index (κ1) is 21.5. The first-order chi connectivity index (χ1) is 16.3. The molecule has 4 atom stereocenters. The van der Waals surface area contributed by atoms with E-state index in [1.54, 1.807) is 0 Å². The fourth-order valence-corrected chi connectivity index (χ4v) is 9.55. The number of nitrogens with zero attached hydrogens (tertiary/aromatic N) is 4. The second-order valence-electron chi connectivity index (χ2n) is 12.4. The molecule has 4 bridgehead atoms. The maximum absolute atomic E-state index is 13.5. The summed E-state index contributed by atoms with van der Waals surface area (Å²) in [6.45, 7) is 2.09. The molecule has 6 aliphatic rings. The van der Waals surface area contributed by atoms with Crippen molar-refractivity contribution in [3.8, 4) is 0 Å². The lowest BCUT2D eigenvalue weighted by Crippen LogP contribution is -2.53. The Morgan fingerprint density at radius 3 is 2.53 bits per heavy atom. The van der Waals surface area contributed by atoms with Crippen LogP contribution in [0.4, 0.5) is 0 Å². The molecule has 6 saturated carbocycles. The SMILES string of the molecule is C/C(CC12C[C@@H]3C[C@@H](CC(Br)(C3)C1)C2)=N\NC(=O)c1cc(C2CC2)nc2c1c(C1CC1)nn2C. The molecule has 2 aromatic heterocycles. The predicted octanol–water partition coefficient (Wildman–Crippen LogP) is 5.95. The van der Waals surface area contributed by atoms with Gasteiger partial charge >= 0.3 is 0 Å². The number of fused-ring (bicyclic) bond motifs is 1. The van der Waals surface area contributed by atoms with Crippen LogP contribution in [0.1, 0.15) is 111 Å². The number of pyridine rings is 1. The minimum Gasteiger partial charge on any atom is -0.267 e. The van der Waals surface area contributed by atoms with Gasteiger partial charge in [0.25, 0.3) is 5.91 Å². The fraction of sp³-hybridized carbons (Fsp3) is 0.704. The normalized spacial score (nSPS) is 34.7. The standard InChI is InChI=1S/C27H34BrN5O/c1-15(9-26-10-16-7-17(11-26)13-27(28,12-16)14-26)30-31-25(34)20-8-21(18-3-4-18)29-24-22(20)23(19-5-6-19)32-33(24)2/h8,16-19H,3-7,9-14H2,1-2H3,(H,31,34)/b30-15+/t16-,17+,26?,27?. The van der Waals surface area contributed by atoms with Gasteiger partial charge in [0.1, 0.15) is 0 Å². The lowest BCUT2D eigenvalue weighted by molar-refractivity contribution is -0.0303. The van der Waals surface area contributed by atoms with Gasteiger partial charge in [-0.15, -0.1) is 0 Å². The summed E-state index contributed by atoms with van der Waals surface area (Å²) in [7, 11) is 1.95. The van der Waals surface area contributed by atoms with Gasteiger partial charge in [-0.25, -0.2) is 10.4 Å². The van der Waals surface area contributed by atoms with Crippen LogP contribution in [0.3, 0.4) is 0 Å². The van der Waals surface area contributed by atoms with Crippen LogP contribution in [0.15, 0.2) is 11.2 Å². The first-order valence-corrected chi connectivity index (χ1v) is 14.0. The summed E-state index contributed by atoms with van der Waals surface area (Å²) in [5, 5.41) is 10.4. The average Bonchev–Trinajstić information content (AvgIpc) is 3.67. The Kier molecular flexibility index (Phi) is 4.67. The number of carbonyl (C=O) groups excluding carboxylic acids is 1. The molecular weight excluding hydrogens is 490 g/mol. The molecule has 1 N–H and O–H groups in total. The number of hydrazone groups is 1. The molecule has 7 heteroatoms. The van der Waals surface area contributed by atoms with Crippen molar-refractivity contribution >= 4 is 38.6 Å². The van der Waals surface area contributed by atoms with E-state index in [4.69, 9.17) is 10.1 Å². The van der Waals surface area contributed by atoms with E-state index in [9.17, 15) is 4.79 Å². The molecule has 0 radical (unpaired) electrons. The van der Waals surface area contributed by atoms with Crippen LogP contribution in [0.25, 0.3) is 11.0 Å². The fourth-order valence-electron chi connectivity index (χ4n) is 8.04. The summed E-state index contributed by atoms with van der Waals surface area (Å²) in [4.78, 5) is 18.4. The topological polar surface area (TPSA) is 72.2 Å².